The lowest BCUT2D eigenvalue weighted by molar-refractivity contribution is 0.519. The number of nitrogens with one attached hydrogen (secondary N) is 1. The topological polar surface area (TPSA) is 58.9 Å². The van der Waals surface area contributed by atoms with Gasteiger partial charge in [-0.05, 0) is 55.0 Å². The van der Waals surface area contributed by atoms with Crippen LogP contribution in [0.25, 0.3) is 10.9 Å². The van der Waals surface area contributed by atoms with Crippen LogP contribution in [0.2, 0.25) is 0 Å². The van der Waals surface area contributed by atoms with Gasteiger partial charge in [0.15, 0.2) is 0 Å². The van der Waals surface area contributed by atoms with E-state index in [0.29, 0.717) is 5.92 Å². The molecule has 0 radical (unpaired) electrons. The standard InChI is InChI=1S/C15H20N2O/c1-3-11(9-16)7-12-4-5-14-13(8-12)6-10(2)15(18)17-14/h4-6,8,11H,3,7,9,16H2,1-2H3,(H,17,18). The molecule has 0 aliphatic carbocycles. The lowest BCUT2D eigenvalue weighted by Gasteiger charge is -2.12. The highest BCUT2D eigenvalue weighted by atomic mass is 16.1. The molecule has 1 aromatic carbocycles. The summed E-state index contributed by atoms with van der Waals surface area (Å²) in [5.41, 5.74) is 8.67. The normalized spacial score (nSPS) is 12.8. The van der Waals surface area contributed by atoms with Crippen molar-refractivity contribution in [2.45, 2.75) is 26.7 Å². The van der Waals surface area contributed by atoms with Crippen LogP contribution in [0.3, 0.4) is 0 Å². The maximum atomic E-state index is 11.5. The minimum absolute atomic E-state index is 0.0105. The van der Waals surface area contributed by atoms with E-state index in [0.717, 1.165) is 35.9 Å². The average Bonchev–Trinajstić information content (AvgIpc) is 2.37. The summed E-state index contributed by atoms with van der Waals surface area (Å²) in [5.74, 6) is 0.534. The largest absolute Gasteiger partial charge is 0.330 e. The molecular weight excluding hydrogens is 224 g/mol. The van der Waals surface area contributed by atoms with Crippen LogP contribution < -0.4 is 11.3 Å². The highest BCUT2D eigenvalue weighted by molar-refractivity contribution is 5.79. The van der Waals surface area contributed by atoms with Gasteiger partial charge in [0.2, 0.25) is 0 Å². The predicted molar refractivity (Wildman–Crippen MR) is 75.8 cm³/mol. The Hall–Kier alpha value is -1.61. The van der Waals surface area contributed by atoms with Crippen LogP contribution in [0.5, 0.6) is 0 Å². The summed E-state index contributed by atoms with van der Waals surface area (Å²) in [4.78, 5) is 14.4. The van der Waals surface area contributed by atoms with Crippen molar-refractivity contribution in [3.05, 3.63) is 45.7 Å². The number of aromatic amines is 1. The van der Waals surface area contributed by atoms with Gasteiger partial charge < -0.3 is 10.7 Å². The molecule has 1 atom stereocenters. The van der Waals surface area contributed by atoms with Gasteiger partial charge in [0.25, 0.3) is 5.56 Å². The monoisotopic (exact) mass is 244 g/mol. The van der Waals surface area contributed by atoms with Crippen LogP contribution in [-0.2, 0) is 6.42 Å². The molecular formula is C15H20N2O. The smallest absolute Gasteiger partial charge is 0.251 e. The first-order valence-electron chi connectivity index (χ1n) is 6.46. The Bertz CT molecular complexity index is 597. The number of nitrogens with two attached hydrogens (primary N) is 1. The summed E-state index contributed by atoms with van der Waals surface area (Å²) in [6, 6.07) is 8.15. The van der Waals surface area contributed by atoms with Crippen molar-refractivity contribution in [3.8, 4) is 0 Å². The number of hydrogen-bond acceptors (Lipinski definition) is 2. The molecule has 0 bridgehead atoms. The van der Waals surface area contributed by atoms with Crippen LogP contribution in [0, 0.1) is 12.8 Å². The number of benzene rings is 1. The van der Waals surface area contributed by atoms with E-state index in [9.17, 15) is 4.79 Å². The van der Waals surface area contributed by atoms with E-state index < -0.39 is 0 Å². The van der Waals surface area contributed by atoms with Gasteiger partial charge in [-0.1, -0.05) is 19.4 Å². The first kappa shape index (κ1) is 12.8. The molecule has 3 heteroatoms. The van der Waals surface area contributed by atoms with E-state index >= 15 is 0 Å². The van der Waals surface area contributed by atoms with Gasteiger partial charge in [0.1, 0.15) is 0 Å². The van der Waals surface area contributed by atoms with Crippen molar-refractivity contribution in [3.63, 3.8) is 0 Å². The van der Waals surface area contributed by atoms with E-state index in [1.807, 2.05) is 19.1 Å². The Labute approximate surface area is 107 Å². The first-order valence-corrected chi connectivity index (χ1v) is 6.46. The second-order valence-corrected chi connectivity index (χ2v) is 4.92. The minimum Gasteiger partial charge on any atom is -0.330 e. The van der Waals surface area contributed by atoms with Crippen LogP contribution in [-0.4, -0.2) is 11.5 Å². The summed E-state index contributed by atoms with van der Waals surface area (Å²) in [7, 11) is 0. The lowest BCUT2D eigenvalue weighted by Crippen LogP contribution is -2.16. The van der Waals surface area contributed by atoms with Crippen molar-refractivity contribution in [1.29, 1.82) is 0 Å². The zero-order valence-electron chi connectivity index (χ0n) is 11.0. The van der Waals surface area contributed by atoms with Crippen molar-refractivity contribution >= 4 is 10.9 Å². The molecule has 2 aromatic rings. The molecule has 3 N–H and O–H groups in total. The van der Waals surface area contributed by atoms with Gasteiger partial charge in [0, 0.05) is 11.1 Å². The second-order valence-electron chi connectivity index (χ2n) is 4.92. The summed E-state index contributed by atoms with van der Waals surface area (Å²) >= 11 is 0. The quantitative estimate of drug-likeness (QED) is 0.867. The summed E-state index contributed by atoms with van der Waals surface area (Å²) in [6.45, 7) is 4.72. The number of aromatic nitrogens is 1. The van der Waals surface area contributed by atoms with E-state index in [2.05, 4.69) is 24.0 Å². The molecule has 0 spiro atoms. The van der Waals surface area contributed by atoms with Gasteiger partial charge in [-0.3, -0.25) is 4.79 Å². The number of pyridine rings is 1. The third-order valence-corrected chi connectivity index (χ3v) is 3.53. The van der Waals surface area contributed by atoms with Crippen molar-refractivity contribution in [1.82, 2.24) is 4.98 Å². The SMILES string of the molecule is CCC(CN)Cc1ccc2[nH]c(=O)c(C)cc2c1. The van der Waals surface area contributed by atoms with Crippen molar-refractivity contribution in [2.24, 2.45) is 11.7 Å². The molecule has 0 aliphatic rings. The van der Waals surface area contributed by atoms with Crippen LogP contribution >= 0.6 is 0 Å². The molecule has 1 unspecified atom stereocenters. The number of aryl methyl sites for hydroxylation is 1. The molecule has 18 heavy (non-hydrogen) atoms. The van der Waals surface area contributed by atoms with E-state index in [-0.39, 0.29) is 5.56 Å². The molecule has 0 fully saturated rings. The Morgan fingerprint density at radius 2 is 2.11 bits per heavy atom. The number of fused-ring (bicyclic) bond motifs is 1. The van der Waals surface area contributed by atoms with Gasteiger partial charge >= 0.3 is 0 Å². The van der Waals surface area contributed by atoms with Crippen LogP contribution in [0.4, 0.5) is 0 Å². The van der Waals surface area contributed by atoms with Crippen molar-refractivity contribution < 1.29 is 0 Å². The Balaban J connectivity index is 2.38. The third kappa shape index (κ3) is 2.62. The number of hydrogen-bond donors (Lipinski definition) is 2. The molecule has 1 aromatic heterocycles. The fraction of sp³-hybridized carbons (Fsp3) is 0.400. The van der Waals surface area contributed by atoms with E-state index in [1.165, 1.54) is 5.56 Å². The molecule has 0 saturated carbocycles. The first-order chi connectivity index (χ1) is 8.63. The van der Waals surface area contributed by atoms with Gasteiger partial charge in [-0.25, -0.2) is 0 Å². The summed E-state index contributed by atoms with van der Waals surface area (Å²) in [5, 5.41) is 1.09. The molecule has 0 aliphatic heterocycles. The molecule has 2 rings (SSSR count). The molecule has 0 saturated heterocycles. The van der Waals surface area contributed by atoms with Gasteiger partial charge in [-0.2, -0.15) is 0 Å². The summed E-state index contributed by atoms with van der Waals surface area (Å²) in [6.07, 6.45) is 2.10. The Morgan fingerprint density at radius 3 is 2.78 bits per heavy atom. The Morgan fingerprint density at radius 1 is 1.33 bits per heavy atom. The third-order valence-electron chi connectivity index (χ3n) is 3.53. The average molecular weight is 244 g/mol. The maximum Gasteiger partial charge on any atom is 0.251 e. The molecule has 0 amide bonds. The maximum absolute atomic E-state index is 11.5. The number of rotatable bonds is 4. The van der Waals surface area contributed by atoms with Crippen LogP contribution in [0.1, 0.15) is 24.5 Å². The van der Waals surface area contributed by atoms with Gasteiger partial charge in [-0.15, -0.1) is 0 Å². The summed E-state index contributed by atoms with van der Waals surface area (Å²) < 4.78 is 0. The zero-order chi connectivity index (χ0) is 13.1. The molecule has 3 nitrogen and oxygen atoms in total. The van der Waals surface area contributed by atoms with E-state index in [1.54, 1.807) is 0 Å². The number of H-pyrrole nitrogens is 1. The Kier molecular flexibility index (Phi) is 3.82. The fourth-order valence-corrected chi connectivity index (χ4v) is 2.22. The fourth-order valence-electron chi connectivity index (χ4n) is 2.22. The second kappa shape index (κ2) is 5.36. The molecule has 96 valence electrons. The molecule has 1 heterocycles. The van der Waals surface area contributed by atoms with E-state index in [4.69, 9.17) is 5.73 Å². The zero-order valence-corrected chi connectivity index (χ0v) is 11.0. The van der Waals surface area contributed by atoms with Gasteiger partial charge in [0.05, 0.1) is 0 Å². The van der Waals surface area contributed by atoms with Crippen molar-refractivity contribution in [2.75, 3.05) is 6.54 Å². The highest BCUT2D eigenvalue weighted by Gasteiger charge is 2.06. The minimum atomic E-state index is -0.0105. The van der Waals surface area contributed by atoms with Crippen LogP contribution in [0.15, 0.2) is 29.1 Å². The highest BCUT2D eigenvalue weighted by Crippen LogP contribution is 2.17. The lowest BCUT2D eigenvalue weighted by atomic mass is 9.96. The predicted octanol–water partition coefficient (Wildman–Crippen LogP) is 2.36.